The van der Waals surface area contributed by atoms with Crippen molar-refractivity contribution in [3.63, 3.8) is 0 Å². The minimum Gasteiger partial charge on any atom is -0.390 e. The van der Waals surface area contributed by atoms with Gasteiger partial charge in [0.2, 0.25) is 5.91 Å². The molecule has 0 unspecified atom stereocenters. The first-order chi connectivity index (χ1) is 10.7. The number of aliphatic hydroxyl groups is 1. The minimum atomic E-state index is -0.292. The number of β-amino-alcohol motifs (C(OH)–C–C–N with tert-alkyl or cyclic N) is 1. The van der Waals surface area contributed by atoms with Gasteiger partial charge >= 0.3 is 0 Å². The van der Waals surface area contributed by atoms with Gasteiger partial charge in [-0.1, -0.05) is 6.42 Å². The summed E-state index contributed by atoms with van der Waals surface area (Å²) >= 11 is 1.43. The van der Waals surface area contributed by atoms with Crippen LogP contribution in [0.5, 0.6) is 0 Å². The summed E-state index contributed by atoms with van der Waals surface area (Å²) in [6.45, 7) is 4.43. The summed E-state index contributed by atoms with van der Waals surface area (Å²) in [6, 6.07) is 0.238. The Hall–Kier alpha value is -1.02. The van der Waals surface area contributed by atoms with Crippen LogP contribution in [0.1, 0.15) is 25.7 Å². The zero-order valence-corrected chi connectivity index (χ0v) is 13.6. The lowest BCUT2D eigenvalue weighted by Crippen LogP contribution is -2.45. The molecule has 7 heteroatoms. The summed E-state index contributed by atoms with van der Waals surface area (Å²) in [5.41, 5.74) is 0. The third-order valence-electron chi connectivity index (χ3n) is 4.53. The Bertz CT molecular complexity index is 476. The van der Waals surface area contributed by atoms with Crippen LogP contribution in [0.4, 0.5) is 5.13 Å². The number of hydrogen-bond acceptors (Lipinski definition) is 6. The molecule has 2 aliphatic rings. The molecule has 122 valence electrons. The van der Waals surface area contributed by atoms with E-state index in [1.807, 2.05) is 5.38 Å². The number of aromatic nitrogens is 1. The fourth-order valence-electron chi connectivity index (χ4n) is 3.36. The van der Waals surface area contributed by atoms with Gasteiger partial charge in [-0.25, -0.2) is 4.98 Å². The van der Waals surface area contributed by atoms with Crippen LogP contribution in [0, 0.1) is 0 Å². The normalized spacial score (nSPS) is 27.1. The number of rotatable bonds is 5. The fourth-order valence-corrected chi connectivity index (χ4v) is 3.91. The van der Waals surface area contributed by atoms with E-state index < -0.39 is 0 Å². The van der Waals surface area contributed by atoms with Crippen molar-refractivity contribution in [3.8, 4) is 0 Å². The SMILES string of the molecule is O=C(CCN1C[C@H](O)[C@@H](N2CCCCC2)C1)Nc1nccs1. The molecule has 0 saturated carbocycles. The van der Waals surface area contributed by atoms with Gasteiger partial charge in [0.1, 0.15) is 0 Å². The van der Waals surface area contributed by atoms with Gasteiger partial charge in [-0.3, -0.25) is 14.6 Å². The van der Waals surface area contributed by atoms with Crippen LogP contribution >= 0.6 is 11.3 Å². The predicted molar refractivity (Wildman–Crippen MR) is 87.0 cm³/mol. The van der Waals surface area contributed by atoms with Crippen LogP contribution in [-0.2, 0) is 4.79 Å². The summed E-state index contributed by atoms with van der Waals surface area (Å²) in [7, 11) is 0. The monoisotopic (exact) mass is 324 g/mol. The summed E-state index contributed by atoms with van der Waals surface area (Å²) in [5.74, 6) is -0.00846. The fraction of sp³-hybridized carbons (Fsp3) is 0.733. The molecule has 1 amide bonds. The van der Waals surface area contributed by atoms with Crippen molar-refractivity contribution >= 4 is 22.4 Å². The molecule has 0 aliphatic carbocycles. The van der Waals surface area contributed by atoms with Crippen molar-refractivity contribution in [3.05, 3.63) is 11.6 Å². The Morgan fingerprint density at radius 1 is 1.36 bits per heavy atom. The number of piperidine rings is 1. The Labute approximate surface area is 135 Å². The molecular weight excluding hydrogens is 300 g/mol. The Balaban J connectivity index is 1.42. The summed E-state index contributed by atoms with van der Waals surface area (Å²) in [6.07, 6.45) is 5.61. The molecule has 2 atom stereocenters. The van der Waals surface area contributed by atoms with Crippen LogP contribution < -0.4 is 5.32 Å². The first-order valence-electron chi connectivity index (χ1n) is 8.06. The van der Waals surface area contributed by atoms with Crippen LogP contribution in [0.3, 0.4) is 0 Å². The number of carbonyl (C=O) groups excluding carboxylic acids is 1. The molecule has 2 fully saturated rings. The maximum Gasteiger partial charge on any atom is 0.227 e. The van der Waals surface area contributed by atoms with Crippen molar-refractivity contribution in [1.82, 2.24) is 14.8 Å². The van der Waals surface area contributed by atoms with Crippen LogP contribution in [0.2, 0.25) is 0 Å². The molecule has 2 saturated heterocycles. The number of aliphatic hydroxyl groups excluding tert-OH is 1. The lowest BCUT2D eigenvalue weighted by atomic mass is 10.1. The van der Waals surface area contributed by atoms with E-state index in [0.717, 1.165) is 19.6 Å². The minimum absolute atomic E-state index is 0.00846. The van der Waals surface area contributed by atoms with E-state index in [-0.39, 0.29) is 18.1 Å². The molecular formula is C15H24N4O2S. The van der Waals surface area contributed by atoms with E-state index in [4.69, 9.17) is 0 Å². The quantitative estimate of drug-likeness (QED) is 0.846. The van der Waals surface area contributed by atoms with Crippen LogP contribution in [0.15, 0.2) is 11.6 Å². The van der Waals surface area contributed by atoms with E-state index >= 15 is 0 Å². The number of nitrogens with zero attached hydrogens (tertiary/aromatic N) is 3. The number of anilines is 1. The molecule has 1 aromatic rings. The highest BCUT2D eigenvalue weighted by molar-refractivity contribution is 7.13. The van der Waals surface area contributed by atoms with Crippen molar-refractivity contribution in [2.24, 2.45) is 0 Å². The summed E-state index contributed by atoms with van der Waals surface area (Å²) in [4.78, 5) is 20.6. The second-order valence-electron chi connectivity index (χ2n) is 6.13. The number of hydrogen-bond donors (Lipinski definition) is 2. The van der Waals surface area contributed by atoms with Gasteiger partial charge in [-0.05, 0) is 25.9 Å². The van der Waals surface area contributed by atoms with Gasteiger partial charge in [0, 0.05) is 43.7 Å². The highest BCUT2D eigenvalue weighted by Crippen LogP contribution is 2.21. The maximum atomic E-state index is 11.9. The molecule has 0 radical (unpaired) electrons. The summed E-state index contributed by atoms with van der Waals surface area (Å²) in [5, 5.41) is 15.6. The Morgan fingerprint density at radius 2 is 2.18 bits per heavy atom. The Morgan fingerprint density at radius 3 is 2.91 bits per heavy atom. The lowest BCUT2D eigenvalue weighted by Gasteiger charge is -2.33. The van der Waals surface area contributed by atoms with E-state index in [9.17, 15) is 9.90 Å². The second kappa shape index (κ2) is 7.50. The smallest absolute Gasteiger partial charge is 0.227 e. The van der Waals surface area contributed by atoms with Crippen molar-refractivity contribution in [1.29, 1.82) is 0 Å². The molecule has 0 bridgehead atoms. The van der Waals surface area contributed by atoms with E-state index in [2.05, 4.69) is 20.1 Å². The molecule has 22 heavy (non-hydrogen) atoms. The molecule has 3 rings (SSSR count). The van der Waals surface area contributed by atoms with Gasteiger partial charge in [0.25, 0.3) is 0 Å². The van der Waals surface area contributed by atoms with Crippen molar-refractivity contribution in [2.75, 3.05) is 38.0 Å². The van der Waals surface area contributed by atoms with Gasteiger partial charge in [0.15, 0.2) is 5.13 Å². The molecule has 3 heterocycles. The highest BCUT2D eigenvalue weighted by atomic mass is 32.1. The second-order valence-corrected chi connectivity index (χ2v) is 7.02. The van der Waals surface area contributed by atoms with E-state index in [1.165, 1.54) is 30.6 Å². The number of likely N-dealkylation sites (tertiary alicyclic amines) is 2. The van der Waals surface area contributed by atoms with Crippen molar-refractivity contribution < 1.29 is 9.90 Å². The van der Waals surface area contributed by atoms with Gasteiger partial charge in [-0.2, -0.15) is 0 Å². The third kappa shape index (κ3) is 4.04. The maximum absolute atomic E-state index is 11.9. The van der Waals surface area contributed by atoms with Crippen molar-refractivity contribution in [2.45, 2.75) is 37.8 Å². The van der Waals surface area contributed by atoms with E-state index in [1.54, 1.807) is 6.20 Å². The molecule has 1 aromatic heterocycles. The topological polar surface area (TPSA) is 68.7 Å². The zero-order valence-electron chi connectivity index (χ0n) is 12.8. The number of thiazole rings is 1. The zero-order chi connectivity index (χ0) is 15.4. The summed E-state index contributed by atoms with van der Waals surface area (Å²) < 4.78 is 0. The molecule has 0 spiro atoms. The van der Waals surface area contributed by atoms with E-state index in [0.29, 0.717) is 24.6 Å². The highest BCUT2D eigenvalue weighted by Gasteiger charge is 2.35. The molecule has 6 nitrogen and oxygen atoms in total. The molecule has 2 N–H and O–H groups in total. The number of nitrogens with one attached hydrogen (secondary N) is 1. The molecule has 0 aromatic carbocycles. The third-order valence-corrected chi connectivity index (χ3v) is 5.22. The average Bonchev–Trinajstić information content (AvgIpc) is 3.16. The van der Waals surface area contributed by atoms with Gasteiger partial charge < -0.3 is 10.4 Å². The number of amides is 1. The average molecular weight is 324 g/mol. The Kier molecular flexibility index (Phi) is 5.41. The van der Waals surface area contributed by atoms with Gasteiger partial charge in [0.05, 0.1) is 6.10 Å². The lowest BCUT2D eigenvalue weighted by molar-refractivity contribution is -0.116. The predicted octanol–water partition coefficient (Wildman–Crippen LogP) is 1.00. The van der Waals surface area contributed by atoms with Crippen LogP contribution in [0.25, 0.3) is 0 Å². The standard InChI is InChI=1S/C15H24N4O2S/c20-13-11-18(10-12(13)19-6-2-1-3-7-19)8-4-14(21)17-15-16-5-9-22-15/h5,9,12-13,20H,1-4,6-8,10-11H2,(H,16,17,21)/t12-,13-/m0/s1. The number of carbonyl (C=O) groups is 1. The first kappa shape index (κ1) is 15.9. The van der Waals surface area contributed by atoms with Gasteiger partial charge in [-0.15, -0.1) is 11.3 Å². The largest absolute Gasteiger partial charge is 0.390 e. The first-order valence-corrected chi connectivity index (χ1v) is 8.94. The molecule has 2 aliphatic heterocycles. The van der Waals surface area contributed by atoms with Crippen LogP contribution in [-0.4, -0.2) is 70.7 Å².